The van der Waals surface area contributed by atoms with Crippen molar-refractivity contribution in [3.63, 3.8) is 0 Å². The van der Waals surface area contributed by atoms with Gasteiger partial charge in [-0.25, -0.2) is 17.7 Å². The van der Waals surface area contributed by atoms with Crippen molar-refractivity contribution >= 4 is 27.0 Å². The molecule has 0 bridgehead atoms. The van der Waals surface area contributed by atoms with E-state index in [9.17, 15) is 13.2 Å². The normalized spacial score (nSPS) is 29.5. The first kappa shape index (κ1) is 11.9. The van der Waals surface area contributed by atoms with Gasteiger partial charge in [0.2, 0.25) is 16.0 Å². The van der Waals surface area contributed by atoms with E-state index < -0.39 is 54.3 Å². The molecule has 28 heavy (non-hydrogen) atoms. The van der Waals surface area contributed by atoms with Crippen molar-refractivity contribution in [1.29, 1.82) is 0 Å². The minimum Gasteiger partial charge on any atom is -0.351 e. The lowest BCUT2D eigenvalue weighted by atomic mass is 10.1. The molecule has 1 saturated heterocycles. The van der Waals surface area contributed by atoms with E-state index in [4.69, 9.17) is 11.0 Å². The van der Waals surface area contributed by atoms with Crippen LogP contribution >= 0.6 is 0 Å². The molecule has 0 atom stereocenters. The van der Waals surface area contributed by atoms with Crippen LogP contribution in [0.25, 0.3) is 11.0 Å². The quantitative estimate of drug-likeness (QED) is 0.824. The Labute approximate surface area is 176 Å². The minimum absolute atomic E-state index is 0.0932. The number of rotatable bonds is 4. The Morgan fingerprint density at radius 3 is 2.68 bits per heavy atom. The third-order valence-electron chi connectivity index (χ3n) is 5.03. The van der Waals surface area contributed by atoms with Gasteiger partial charge in [0.25, 0.3) is 5.56 Å². The first-order valence-electron chi connectivity index (χ1n) is 13.0. The van der Waals surface area contributed by atoms with Crippen LogP contribution in [0.1, 0.15) is 61.0 Å². The van der Waals surface area contributed by atoms with E-state index in [1.54, 1.807) is 0 Å². The summed E-state index contributed by atoms with van der Waals surface area (Å²) in [5.41, 5.74) is -0.994. The third-order valence-corrected chi connectivity index (χ3v) is 6.23. The van der Waals surface area contributed by atoms with Crippen LogP contribution in [0, 0.1) is 6.85 Å². The standard InChI is InChI=1S/C19H27N5O3S/c1-13-11-14-12-20-19(21-15-7-9-23(10-8-15)28(2,26)27)22-17(14)24(18(13)25)16-5-3-4-6-16/h11-12,15-16H,3-10H2,1-2H3,(H,20,21,22)/i1D3,7D2,8D2,15D. The SMILES string of the molecule is [2H]C([2H])([2H])c1cc2cnc(NC3([2H])C([2H])([2H])CN(S(C)(=O)=O)CC3([2H])[2H])nc2n(C2CCCC2)c1=O. The van der Waals surface area contributed by atoms with Gasteiger partial charge in [-0.3, -0.25) is 9.36 Å². The summed E-state index contributed by atoms with van der Waals surface area (Å²) in [7, 11) is -3.93. The molecule has 0 spiro atoms. The van der Waals surface area contributed by atoms with Crippen LogP contribution in [0.4, 0.5) is 5.95 Å². The van der Waals surface area contributed by atoms with E-state index in [0.29, 0.717) is 17.1 Å². The van der Waals surface area contributed by atoms with Gasteiger partial charge in [-0.1, -0.05) is 12.8 Å². The molecule has 8 nitrogen and oxygen atoms in total. The second-order valence-corrected chi connectivity index (χ2v) is 9.01. The molecule has 3 heterocycles. The van der Waals surface area contributed by atoms with Crippen LogP contribution in [-0.2, 0) is 10.0 Å². The Bertz CT molecular complexity index is 1340. The van der Waals surface area contributed by atoms with E-state index in [1.807, 2.05) is 0 Å². The maximum absolute atomic E-state index is 13.2. The predicted molar refractivity (Wildman–Crippen MR) is 109 cm³/mol. The Kier molecular flexibility index (Phi) is 3.15. The van der Waals surface area contributed by atoms with Gasteiger partial charge in [-0.2, -0.15) is 4.98 Å². The molecular formula is C19H27N5O3S. The summed E-state index contributed by atoms with van der Waals surface area (Å²) < 4.78 is 91.4. The van der Waals surface area contributed by atoms with Gasteiger partial charge < -0.3 is 5.32 Å². The molecule has 4 rings (SSSR count). The zero-order valence-electron chi connectivity index (χ0n) is 23.4. The number of aryl methyl sites for hydroxylation is 1. The van der Waals surface area contributed by atoms with Gasteiger partial charge in [-0.15, -0.1) is 0 Å². The second-order valence-electron chi connectivity index (χ2n) is 7.03. The van der Waals surface area contributed by atoms with Crippen LogP contribution < -0.4 is 10.9 Å². The molecule has 2 aliphatic rings. The van der Waals surface area contributed by atoms with Crippen molar-refractivity contribution < 1.29 is 19.4 Å². The number of aromatic nitrogens is 3. The molecule has 2 aromatic rings. The summed E-state index contributed by atoms with van der Waals surface area (Å²) >= 11 is 0. The largest absolute Gasteiger partial charge is 0.351 e. The molecule has 2 aromatic heterocycles. The summed E-state index contributed by atoms with van der Waals surface area (Å²) in [6, 6.07) is -1.79. The first-order chi connectivity index (χ1) is 16.4. The maximum Gasteiger partial charge on any atom is 0.255 e. The Morgan fingerprint density at radius 1 is 1.32 bits per heavy atom. The zero-order valence-corrected chi connectivity index (χ0v) is 16.2. The molecule has 1 aliphatic carbocycles. The molecule has 1 N–H and O–H groups in total. The van der Waals surface area contributed by atoms with Crippen LogP contribution in [-0.4, -0.2) is 52.6 Å². The number of hydrogen-bond acceptors (Lipinski definition) is 6. The molecule has 2 fully saturated rings. The van der Waals surface area contributed by atoms with Crippen molar-refractivity contribution in [2.75, 3.05) is 24.7 Å². The summed E-state index contributed by atoms with van der Waals surface area (Å²) in [5.74, 6) is -0.342. The number of fused-ring (bicyclic) bond motifs is 1. The van der Waals surface area contributed by atoms with Gasteiger partial charge in [0.15, 0.2) is 0 Å². The maximum atomic E-state index is 13.2. The summed E-state index contributed by atoms with van der Waals surface area (Å²) in [5, 5.41) is 2.69. The first-order valence-corrected chi connectivity index (χ1v) is 10.9. The van der Waals surface area contributed by atoms with Crippen molar-refractivity contribution in [3.05, 3.63) is 28.2 Å². The smallest absolute Gasteiger partial charge is 0.255 e. The van der Waals surface area contributed by atoms with E-state index in [0.717, 1.165) is 19.1 Å². The fraction of sp³-hybridized carbons (Fsp3) is 0.632. The van der Waals surface area contributed by atoms with Gasteiger partial charge in [0.05, 0.1) is 7.63 Å². The molecule has 0 amide bonds. The van der Waals surface area contributed by atoms with Crippen LogP contribution in [0.15, 0.2) is 17.1 Å². The lowest BCUT2D eigenvalue weighted by molar-refractivity contribution is 0.331. The van der Waals surface area contributed by atoms with Crippen molar-refractivity contribution in [1.82, 2.24) is 18.8 Å². The molecule has 1 aliphatic heterocycles. The Balaban J connectivity index is 1.83. The van der Waals surface area contributed by atoms with Crippen LogP contribution in [0.3, 0.4) is 0 Å². The molecule has 0 radical (unpaired) electrons. The van der Waals surface area contributed by atoms with Crippen LogP contribution in [0.5, 0.6) is 0 Å². The summed E-state index contributed by atoms with van der Waals surface area (Å²) in [6.45, 7) is -4.18. The molecule has 0 aromatic carbocycles. The topological polar surface area (TPSA) is 97.2 Å². The molecule has 1 saturated carbocycles. The molecule has 152 valence electrons. The highest BCUT2D eigenvalue weighted by molar-refractivity contribution is 7.88. The lowest BCUT2D eigenvalue weighted by Gasteiger charge is -2.30. The van der Waals surface area contributed by atoms with Gasteiger partial charge in [0, 0.05) is 51.9 Å². The zero-order chi connectivity index (χ0) is 26.9. The minimum atomic E-state index is -3.93. The average Bonchev–Trinajstić information content (AvgIpc) is 3.24. The highest BCUT2D eigenvalue weighted by Crippen LogP contribution is 2.30. The number of nitrogens with one attached hydrogen (secondary N) is 1. The van der Waals surface area contributed by atoms with E-state index in [2.05, 4.69) is 15.3 Å². The number of anilines is 1. The van der Waals surface area contributed by atoms with Gasteiger partial charge in [-0.05, 0) is 38.5 Å². The third kappa shape index (κ3) is 3.77. The number of nitrogens with zero attached hydrogens (tertiary/aromatic N) is 4. The number of pyridine rings is 1. The Morgan fingerprint density at radius 2 is 2.04 bits per heavy atom. The summed E-state index contributed by atoms with van der Waals surface area (Å²) in [6.07, 6.45) is -0.350. The van der Waals surface area contributed by atoms with Crippen molar-refractivity contribution in [3.8, 4) is 0 Å². The number of sulfonamides is 1. The predicted octanol–water partition coefficient (Wildman–Crippen LogP) is 2.05. The van der Waals surface area contributed by atoms with Gasteiger partial charge in [0.1, 0.15) is 5.65 Å². The molecule has 9 heteroatoms. The van der Waals surface area contributed by atoms with Crippen LogP contribution in [0.2, 0.25) is 0 Å². The average molecular weight is 414 g/mol. The lowest BCUT2D eigenvalue weighted by Crippen LogP contribution is -2.42. The van der Waals surface area contributed by atoms with E-state index in [-0.39, 0.29) is 28.6 Å². The van der Waals surface area contributed by atoms with Crippen molar-refractivity contribution in [2.45, 2.75) is 57.3 Å². The van der Waals surface area contributed by atoms with Gasteiger partial charge >= 0.3 is 0 Å². The highest BCUT2D eigenvalue weighted by atomic mass is 32.2. The summed E-state index contributed by atoms with van der Waals surface area (Å²) in [4.78, 5) is 21.6. The number of hydrogen-bond donors (Lipinski definition) is 1. The number of piperidine rings is 1. The Hall–Kier alpha value is -2.00. The second kappa shape index (κ2) is 7.44. The highest BCUT2D eigenvalue weighted by Gasteiger charge is 2.26. The van der Waals surface area contributed by atoms with E-state index in [1.165, 1.54) is 16.8 Å². The van der Waals surface area contributed by atoms with E-state index >= 15 is 0 Å². The fourth-order valence-electron chi connectivity index (χ4n) is 3.57. The molecular weight excluding hydrogens is 378 g/mol. The molecule has 0 unspecified atom stereocenters. The monoisotopic (exact) mass is 413 g/mol. The van der Waals surface area contributed by atoms with Crippen molar-refractivity contribution in [2.24, 2.45) is 0 Å². The fourth-order valence-corrected chi connectivity index (χ4v) is 4.17.